The molecule has 2 heterocycles. The van der Waals surface area contributed by atoms with Crippen molar-refractivity contribution in [3.8, 4) is 6.07 Å². The monoisotopic (exact) mass is 240 g/mol. The number of benzene rings is 1. The number of rotatable bonds is 1. The molecule has 0 radical (unpaired) electrons. The van der Waals surface area contributed by atoms with Crippen LogP contribution in [0.5, 0.6) is 0 Å². The summed E-state index contributed by atoms with van der Waals surface area (Å²) in [6, 6.07) is 9.97. The average Bonchev–Trinajstić information content (AvgIpc) is 3.01. The number of hydrogen-bond acceptors (Lipinski definition) is 4. The lowest BCUT2D eigenvalue weighted by atomic mass is 10.3. The molecule has 18 heavy (non-hydrogen) atoms. The number of para-hydroxylation sites is 2. The lowest BCUT2D eigenvalue weighted by molar-refractivity contribution is 0.267. The van der Waals surface area contributed by atoms with Crippen molar-refractivity contribution in [1.29, 1.82) is 5.26 Å². The summed E-state index contributed by atoms with van der Waals surface area (Å²) in [5.41, 5.74) is 2.33. The lowest BCUT2D eigenvalue weighted by Gasteiger charge is -2.04. The summed E-state index contributed by atoms with van der Waals surface area (Å²) >= 11 is 0. The molecule has 1 aliphatic heterocycles. The summed E-state index contributed by atoms with van der Waals surface area (Å²) < 4.78 is 7.31. The van der Waals surface area contributed by atoms with Crippen LogP contribution in [0.2, 0.25) is 0 Å². The number of ether oxygens (including phenoxy) is 1. The number of aromatic nitrogens is 2. The van der Waals surface area contributed by atoms with Gasteiger partial charge in [0.1, 0.15) is 12.7 Å². The van der Waals surface area contributed by atoms with Crippen LogP contribution < -0.4 is 5.32 Å². The van der Waals surface area contributed by atoms with E-state index in [-0.39, 0.29) is 0 Å². The minimum Gasteiger partial charge on any atom is -0.476 e. The Hall–Kier alpha value is -2.48. The minimum absolute atomic E-state index is 0.450. The van der Waals surface area contributed by atoms with Gasteiger partial charge in [-0.05, 0) is 12.1 Å². The Labute approximate surface area is 104 Å². The van der Waals surface area contributed by atoms with Gasteiger partial charge in [-0.15, -0.1) is 0 Å². The van der Waals surface area contributed by atoms with E-state index in [2.05, 4.69) is 16.4 Å². The summed E-state index contributed by atoms with van der Waals surface area (Å²) in [6.07, 6.45) is 0. The van der Waals surface area contributed by atoms with E-state index >= 15 is 0 Å². The molecule has 1 fully saturated rings. The van der Waals surface area contributed by atoms with Gasteiger partial charge in [-0.3, -0.25) is 0 Å². The number of imidazole rings is 1. The van der Waals surface area contributed by atoms with Gasteiger partial charge in [0.25, 0.3) is 0 Å². The van der Waals surface area contributed by atoms with Crippen LogP contribution in [-0.4, -0.2) is 22.7 Å². The Morgan fingerprint density at radius 2 is 2.33 bits per heavy atom. The van der Waals surface area contributed by atoms with Gasteiger partial charge in [0.2, 0.25) is 5.88 Å². The largest absolute Gasteiger partial charge is 0.476 e. The lowest BCUT2D eigenvalue weighted by Crippen LogP contribution is -2.09. The first-order valence-corrected chi connectivity index (χ1v) is 5.74. The zero-order valence-electron chi connectivity index (χ0n) is 9.97. The molecule has 1 N–H and O–H groups in total. The van der Waals surface area contributed by atoms with Crippen molar-refractivity contribution in [1.82, 2.24) is 14.9 Å². The van der Waals surface area contributed by atoms with E-state index in [9.17, 15) is 5.26 Å². The summed E-state index contributed by atoms with van der Waals surface area (Å²) in [6.45, 7) is 1.31. The topological polar surface area (TPSA) is 62.9 Å². The van der Waals surface area contributed by atoms with Crippen molar-refractivity contribution in [2.45, 2.75) is 0 Å². The molecule has 0 aliphatic carbocycles. The Morgan fingerprint density at radius 1 is 1.50 bits per heavy atom. The molecule has 90 valence electrons. The molecule has 1 saturated heterocycles. The second-order valence-electron chi connectivity index (χ2n) is 4.07. The molecule has 0 atom stereocenters. The second kappa shape index (κ2) is 4.08. The predicted octanol–water partition coefficient (Wildman–Crippen LogP) is 1.39. The van der Waals surface area contributed by atoms with Crippen molar-refractivity contribution in [3.05, 3.63) is 36.0 Å². The van der Waals surface area contributed by atoms with E-state index < -0.39 is 0 Å². The fourth-order valence-corrected chi connectivity index (χ4v) is 2.10. The van der Waals surface area contributed by atoms with E-state index in [1.165, 1.54) is 0 Å². The maximum Gasteiger partial charge on any atom is 0.209 e. The molecule has 5 nitrogen and oxygen atoms in total. The molecule has 0 unspecified atom stereocenters. The fraction of sp³-hybridized carbons (Fsp3) is 0.231. The van der Waals surface area contributed by atoms with E-state index in [0.717, 1.165) is 17.6 Å². The van der Waals surface area contributed by atoms with Gasteiger partial charge < -0.3 is 14.6 Å². The van der Waals surface area contributed by atoms with Crippen LogP contribution in [0.4, 0.5) is 0 Å². The summed E-state index contributed by atoms with van der Waals surface area (Å²) in [7, 11) is 1.90. The Balaban J connectivity index is 2.22. The van der Waals surface area contributed by atoms with Crippen LogP contribution in [0.3, 0.4) is 0 Å². The van der Waals surface area contributed by atoms with E-state index in [4.69, 9.17) is 4.74 Å². The van der Waals surface area contributed by atoms with E-state index in [1.54, 1.807) is 0 Å². The molecule has 0 spiro atoms. The molecule has 1 aliphatic rings. The molecule has 0 saturated carbocycles. The molecule has 3 rings (SSSR count). The third-order valence-electron chi connectivity index (χ3n) is 2.98. The summed E-state index contributed by atoms with van der Waals surface area (Å²) in [5.74, 6) is 1.15. The first kappa shape index (κ1) is 10.7. The van der Waals surface area contributed by atoms with Gasteiger partial charge in [-0.2, -0.15) is 5.26 Å². The van der Waals surface area contributed by atoms with Crippen LogP contribution in [0.25, 0.3) is 16.6 Å². The number of allylic oxidation sites excluding steroid dienone is 1. The van der Waals surface area contributed by atoms with Gasteiger partial charge in [-0.25, -0.2) is 4.98 Å². The van der Waals surface area contributed by atoms with Gasteiger partial charge in [0.15, 0.2) is 11.4 Å². The second-order valence-corrected chi connectivity index (χ2v) is 4.07. The normalized spacial score (nSPS) is 17.1. The van der Waals surface area contributed by atoms with Gasteiger partial charge >= 0.3 is 0 Å². The maximum absolute atomic E-state index is 9.31. The van der Waals surface area contributed by atoms with Gasteiger partial charge in [0, 0.05) is 7.05 Å². The SMILES string of the molecule is Cn1c(/C(C#N)=C2\NCCO2)nc2ccccc21. The molecule has 1 aromatic heterocycles. The van der Waals surface area contributed by atoms with Crippen molar-refractivity contribution >= 4 is 16.6 Å². The molecule has 0 bridgehead atoms. The van der Waals surface area contributed by atoms with Crippen LogP contribution in [0.1, 0.15) is 5.82 Å². The highest BCUT2D eigenvalue weighted by Crippen LogP contribution is 2.22. The predicted molar refractivity (Wildman–Crippen MR) is 67.2 cm³/mol. The Kier molecular flexibility index (Phi) is 2.41. The third kappa shape index (κ3) is 1.51. The smallest absolute Gasteiger partial charge is 0.209 e. The summed E-state index contributed by atoms with van der Waals surface area (Å²) in [4.78, 5) is 4.49. The van der Waals surface area contributed by atoms with Crippen molar-refractivity contribution < 1.29 is 4.74 Å². The molecule has 1 aromatic carbocycles. The molecule has 0 amide bonds. The van der Waals surface area contributed by atoms with Gasteiger partial charge in [0.05, 0.1) is 17.6 Å². The van der Waals surface area contributed by atoms with Crippen molar-refractivity contribution in [3.63, 3.8) is 0 Å². The Morgan fingerprint density at radius 3 is 3.00 bits per heavy atom. The first-order valence-electron chi connectivity index (χ1n) is 5.74. The minimum atomic E-state index is 0.450. The molecule has 5 heteroatoms. The van der Waals surface area contributed by atoms with Crippen LogP contribution in [0.15, 0.2) is 30.1 Å². The molecular formula is C13H12N4O. The van der Waals surface area contributed by atoms with E-state index in [1.807, 2.05) is 35.9 Å². The third-order valence-corrected chi connectivity index (χ3v) is 2.98. The number of hydrogen-bond donors (Lipinski definition) is 1. The van der Waals surface area contributed by atoms with Gasteiger partial charge in [-0.1, -0.05) is 12.1 Å². The van der Waals surface area contributed by atoms with E-state index in [0.29, 0.717) is 23.9 Å². The number of fused-ring (bicyclic) bond motifs is 1. The number of nitrogens with one attached hydrogen (secondary N) is 1. The highest BCUT2D eigenvalue weighted by atomic mass is 16.5. The Bertz CT molecular complexity index is 670. The standard InChI is InChI=1S/C13H12N4O/c1-17-11-5-3-2-4-10(11)16-12(17)9(8-14)13-15-6-7-18-13/h2-5,15H,6-7H2,1H3/b13-9+. The van der Waals surface area contributed by atoms with Crippen LogP contribution in [-0.2, 0) is 11.8 Å². The first-order chi connectivity index (χ1) is 8.81. The summed E-state index contributed by atoms with van der Waals surface area (Å²) in [5, 5.41) is 12.4. The van der Waals surface area contributed by atoms with Crippen LogP contribution in [0, 0.1) is 11.3 Å². The average molecular weight is 240 g/mol. The number of aryl methyl sites for hydroxylation is 1. The zero-order valence-corrected chi connectivity index (χ0v) is 9.97. The maximum atomic E-state index is 9.31. The zero-order chi connectivity index (χ0) is 12.5. The number of nitrogens with zero attached hydrogens (tertiary/aromatic N) is 3. The molecular weight excluding hydrogens is 228 g/mol. The quantitative estimate of drug-likeness (QED) is 0.765. The number of nitriles is 1. The van der Waals surface area contributed by atoms with Crippen LogP contribution >= 0.6 is 0 Å². The highest BCUT2D eigenvalue weighted by molar-refractivity contribution is 5.83. The fourth-order valence-electron chi connectivity index (χ4n) is 2.10. The highest BCUT2D eigenvalue weighted by Gasteiger charge is 2.20. The van der Waals surface area contributed by atoms with Crippen molar-refractivity contribution in [2.24, 2.45) is 7.05 Å². The van der Waals surface area contributed by atoms with Crippen molar-refractivity contribution in [2.75, 3.05) is 13.2 Å². The molecule has 2 aromatic rings.